The Balaban J connectivity index is 1.55. The normalized spacial score (nSPS) is 19.3. The van der Waals surface area contributed by atoms with Crippen molar-refractivity contribution >= 4 is 23.9 Å². The summed E-state index contributed by atoms with van der Waals surface area (Å²) < 4.78 is 11.3. The minimum Gasteiger partial charge on any atom is -0.485 e. The summed E-state index contributed by atoms with van der Waals surface area (Å²) in [6.07, 6.45) is 3.23. The van der Waals surface area contributed by atoms with E-state index in [-0.39, 0.29) is 17.9 Å². The van der Waals surface area contributed by atoms with E-state index in [1.807, 2.05) is 13.8 Å². The molecule has 3 atom stereocenters. The second-order valence-electron chi connectivity index (χ2n) is 12.7. The molecule has 11 nitrogen and oxygen atoms in total. The molecule has 1 aromatic rings. The molecule has 0 radical (unpaired) electrons. The predicted molar refractivity (Wildman–Crippen MR) is 162 cm³/mol. The van der Waals surface area contributed by atoms with Gasteiger partial charge < -0.3 is 30.3 Å². The van der Waals surface area contributed by atoms with Crippen molar-refractivity contribution in [3.8, 4) is 11.8 Å². The zero-order valence-electron chi connectivity index (χ0n) is 26.3. The van der Waals surface area contributed by atoms with Crippen molar-refractivity contribution in [1.82, 2.24) is 15.1 Å². The summed E-state index contributed by atoms with van der Waals surface area (Å²) in [5.74, 6) is 1.38. The molecule has 3 N–H and O–H groups in total. The van der Waals surface area contributed by atoms with Gasteiger partial charge in [0.1, 0.15) is 23.5 Å². The minimum atomic E-state index is -1.07. The number of aliphatic imine (C=N–C) groups is 1. The first-order valence-corrected chi connectivity index (χ1v) is 15.2. The molecule has 234 valence electrons. The van der Waals surface area contributed by atoms with Gasteiger partial charge in [0.05, 0.1) is 12.7 Å². The summed E-state index contributed by atoms with van der Waals surface area (Å²) in [5.41, 5.74) is 5.51. The number of nitriles is 1. The summed E-state index contributed by atoms with van der Waals surface area (Å²) in [7, 11) is 0. The van der Waals surface area contributed by atoms with Crippen LogP contribution in [0.3, 0.4) is 0 Å². The number of nitrogens with one attached hydrogen (secondary N) is 1. The van der Waals surface area contributed by atoms with E-state index in [1.54, 1.807) is 37.8 Å². The van der Waals surface area contributed by atoms with Gasteiger partial charge in [-0.25, -0.2) is 9.59 Å². The number of hydrogen-bond acceptors (Lipinski definition) is 6. The molecule has 0 aliphatic carbocycles. The molecular weight excluding hydrogens is 548 g/mol. The van der Waals surface area contributed by atoms with Gasteiger partial charge in [0.2, 0.25) is 0 Å². The number of nitrogens with two attached hydrogens (primary N) is 1. The summed E-state index contributed by atoms with van der Waals surface area (Å²) in [5, 5.41) is 12.1. The lowest BCUT2D eigenvalue weighted by Crippen LogP contribution is -2.45. The Hall–Kier alpha value is -3.99. The van der Waals surface area contributed by atoms with Crippen molar-refractivity contribution in [2.75, 3.05) is 26.2 Å². The molecule has 2 fully saturated rings. The van der Waals surface area contributed by atoms with Gasteiger partial charge in [-0.2, -0.15) is 10.3 Å². The minimum absolute atomic E-state index is 0.0393. The van der Waals surface area contributed by atoms with Crippen LogP contribution in [0.1, 0.15) is 85.3 Å². The monoisotopic (exact) mass is 594 g/mol. The van der Waals surface area contributed by atoms with Crippen molar-refractivity contribution in [3.05, 3.63) is 29.8 Å². The smallest absolute Gasteiger partial charge is 0.408 e. The lowest BCUT2D eigenvalue weighted by atomic mass is 9.84. The highest BCUT2D eigenvalue weighted by Crippen LogP contribution is 2.28. The number of carbonyl (C=O) groups is 3. The SMILES string of the molecule is CC(C)/C(N)=N/C(=O)N1CCC([C@H](C)CCOc2c#cc([C@H](NC(=O)OC(C)(C)C)C(=O)N3CCC[C@H]3C#N)cc2)CC1. The van der Waals surface area contributed by atoms with Crippen LogP contribution in [-0.2, 0) is 9.53 Å². The number of piperidine rings is 1. The average Bonchev–Trinajstić information content (AvgIpc) is 3.44. The second kappa shape index (κ2) is 15.0. The molecule has 1 aromatic carbocycles. The largest absolute Gasteiger partial charge is 0.485 e. The van der Waals surface area contributed by atoms with Crippen LogP contribution in [0.5, 0.6) is 5.75 Å². The summed E-state index contributed by atoms with van der Waals surface area (Å²) in [6, 6.07) is 9.62. The van der Waals surface area contributed by atoms with Crippen LogP contribution in [0.15, 0.2) is 17.1 Å². The molecule has 3 rings (SSSR count). The Morgan fingerprint density at radius 2 is 1.84 bits per heavy atom. The molecule has 0 unspecified atom stereocenters. The second-order valence-corrected chi connectivity index (χ2v) is 12.7. The Kier molecular flexibility index (Phi) is 11.7. The lowest BCUT2D eigenvalue weighted by Gasteiger charge is -2.34. The maximum atomic E-state index is 13.4. The number of amides is 4. The van der Waals surface area contributed by atoms with Gasteiger partial charge in [-0.15, -0.1) is 0 Å². The molecule has 4 amide bonds. The van der Waals surface area contributed by atoms with Crippen LogP contribution in [0.2, 0.25) is 0 Å². The maximum absolute atomic E-state index is 13.4. The number of hydrogen-bond donors (Lipinski definition) is 2. The summed E-state index contributed by atoms with van der Waals surface area (Å²) in [6.45, 7) is 13.5. The lowest BCUT2D eigenvalue weighted by molar-refractivity contribution is -0.133. The molecule has 2 aliphatic heterocycles. The van der Waals surface area contributed by atoms with Crippen LogP contribution in [-0.4, -0.2) is 71.6 Å². The van der Waals surface area contributed by atoms with Crippen LogP contribution in [0.25, 0.3) is 0 Å². The highest BCUT2D eigenvalue weighted by molar-refractivity contribution is 5.93. The molecule has 43 heavy (non-hydrogen) atoms. The third kappa shape index (κ3) is 9.77. The van der Waals surface area contributed by atoms with Gasteiger partial charge >= 0.3 is 12.1 Å². The van der Waals surface area contributed by atoms with Crippen molar-refractivity contribution < 1.29 is 23.9 Å². The fourth-order valence-electron chi connectivity index (χ4n) is 5.22. The van der Waals surface area contributed by atoms with E-state index in [9.17, 15) is 19.6 Å². The fourth-order valence-corrected chi connectivity index (χ4v) is 5.22. The van der Waals surface area contributed by atoms with Gasteiger partial charge in [0.15, 0.2) is 5.75 Å². The number of amidine groups is 1. The fraction of sp³-hybridized carbons (Fsp3) is 0.656. The quantitative estimate of drug-likeness (QED) is 0.313. The Labute approximate surface area is 255 Å². The number of carbonyl (C=O) groups excluding carboxylic acids is 3. The molecule has 0 saturated carbocycles. The predicted octanol–water partition coefficient (Wildman–Crippen LogP) is 4.62. The van der Waals surface area contributed by atoms with Gasteiger partial charge in [-0.1, -0.05) is 26.8 Å². The van der Waals surface area contributed by atoms with Gasteiger partial charge in [-0.3, -0.25) is 4.79 Å². The molecule has 11 heteroatoms. The van der Waals surface area contributed by atoms with Crippen molar-refractivity contribution in [2.45, 2.75) is 91.3 Å². The van der Waals surface area contributed by atoms with Crippen LogP contribution in [0.4, 0.5) is 9.59 Å². The Bertz CT molecular complexity index is 1180. The van der Waals surface area contributed by atoms with E-state index in [0.717, 1.165) is 25.7 Å². The summed E-state index contributed by atoms with van der Waals surface area (Å²) >= 11 is 0. The standard InChI is InChI=1S/C32H46N6O5/c1-21(2)28(34)36-30(40)37-17-13-23(14-18-37)22(3)15-19-42-26-11-9-24(10-12-26)27(35-31(41)43-32(4,5)6)29(39)38-16-7-8-25(38)20-33/h9,11,21-23,25,27H,7-8,13-19H2,1-6H3,(H,35,41)(H2,34,36,40)/t22-,25+,27+/m1/s1. The maximum Gasteiger partial charge on any atom is 0.408 e. The number of likely N-dealkylation sites (tertiary alicyclic amines) is 2. The molecule has 0 spiro atoms. The molecule has 0 aromatic heterocycles. The Morgan fingerprint density at radius 1 is 1.14 bits per heavy atom. The van der Waals surface area contributed by atoms with E-state index in [2.05, 4.69) is 35.4 Å². The number of alkyl carbamates (subject to hydrolysis) is 1. The van der Waals surface area contributed by atoms with E-state index >= 15 is 0 Å². The summed E-state index contributed by atoms with van der Waals surface area (Å²) in [4.78, 5) is 45.7. The number of urea groups is 1. The first-order valence-electron chi connectivity index (χ1n) is 15.2. The molecule has 2 aliphatic rings. The van der Waals surface area contributed by atoms with E-state index < -0.39 is 23.8 Å². The highest BCUT2D eigenvalue weighted by atomic mass is 16.6. The van der Waals surface area contributed by atoms with Crippen molar-refractivity contribution in [3.63, 3.8) is 0 Å². The average molecular weight is 595 g/mol. The zero-order chi connectivity index (χ0) is 31.7. The Morgan fingerprint density at radius 3 is 2.42 bits per heavy atom. The van der Waals surface area contributed by atoms with Gasteiger partial charge in [0.25, 0.3) is 5.91 Å². The molecule has 2 saturated heterocycles. The highest BCUT2D eigenvalue weighted by Gasteiger charge is 2.36. The number of ether oxygens (including phenoxy) is 2. The van der Waals surface area contributed by atoms with Crippen molar-refractivity contribution in [2.24, 2.45) is 28.5 Å². The van der Waals surface area contributed by atoms with Gasteiger partial charge in [-0.05, 0) is 82.9 Å². The van der Waals surface area contributed by atoms with Crippen LogP contribution < -0.4 is 15.8 Å². The third-order valence-corrected chi connectivity index (χ3v) is 7.91. The number of rotatable bonds is 9. The third-order valence-electron chi connectivity index (χ3n) is 7.91. The van der Waals surface area contributed by atoms with E-state index in [1.165, 1.54) is 4.90 Å². The topological polar surface area (TPSA) is 150 Å². The van der Waals surface area contributed by atoms with Crippen LogP contribution in [0, 0.1) is 41.2 Å². The van der Waals surface area contributed by atoms with Crippen LogP contribution >= 0.6 is 0 Å². The van der Waals surface area contributed by atoms with Crippen molar-refractivity contribution in [1.29, 1.82) is 5.26 Å². The molecule has 0 bridgehead atoms. The zero-order valence-corrected chi connectivity index (χ0v) is 26.3. The van der Waals surface area contributed by atoms with E-state index in [4.69, 9.17) is 15.2 Å². The molecule has 2 heterocycles. The first kappa shape index (κ1) is 33.5. The first-order chi connectivity index (χ1) is 20.3. The number of nitrogens with zero attached hydrogens (tertiary/aromatic N) is 4. The van der Waals surface area contributed by atoms with E-state index in [0.29, 0.717) is 61.6 Å². The molecular formula is C32H46N6O5. The van der Waals surface area contributed by atoms with Gasteiger partial charge in [0, 0.05) is 31.1 Å².